The molecule has 19 heavy (non-hydrogen) atoms. The molecule has 1 fully saturated rings. The zero-order valence-corrected chi connectivity index (χ0v) is 10.8. The van der Waals surface area contributed by atoms with Crippen LogP contribution in [0.25, 0.3) is 10.9 Å². The number of rotatable bonds is 1. The largest absolute Gasteiger partial charge is 0.351 e. The summed E-state index contributed by atoms with van der Waals surface area (Å²) in [5, 5.41) is 0.748. The minimum absolute atomic E-state index is 0.0264. The molecule has 0 spiro atoms. The summed E-state index contributed by atoms with van der Waals surface area (Å²) in [6, 6.07) is 6.26. The first kappa shape index (κ1) is 12.2. The summed E-state index contributed by atoms with van der Waals surface area (Å²) >= 11 is 0. The summed E-state index contributed by atoms with van der Waals surface area (Å²) in [6.07, 6.45) is 4.53. The zero-order chi connectivity index (χ0) is 13.2. The van der Waals surface area contributed by atoms with Gasteiger partial charge in [0.15, 0.2) is 0 Å². The first-order chi connectivity index (χ1) is 9.24. The number of benzene rings is 1. The van der Waals surface area contributed by atoms with Gasteiger partial charge in [-0.2, -0.15) is 0 Å². The molecule has 2 aromatic rings. The van der Waals surface area contributed by atoms with E-state index in [0.717, 1.165) is 36.8 Å². The summed E-state index contributed by atoms with van der Waals surface area (Å²) in [6.45, 7) is 1.64. The molecule has 0 radical (unpaired) electrons. The molecular weight excluding hydrogens is 243 g/mol. The van der Waals surface area contributed by atoms with Gasteiger partial charge in [-0.15, -0.1) is 0 Å². The molecule has 0 saturated carbocycles. The van der Waals surface area contributed by atoms with Crippen LogP contribution in [0.4, 0.5) is 4.39 Å². The van der Waals surface area contributed by atoms with Gasteiger partial charge in [-0.05, 0) is 37.1 Å². The second kappa shape index (κ2) is 5.03. The first-order valence-electron chi connectivity index (χ1n) is 6.81. The number of amides is 1. The highest BCUT2D eigenvalue weighted by atomic mass is 19.1. The summed E-state index contributed by atoms with van der Waals surface area (Å²) < 4.78 is 13.1. The van der Waals surface area contributed by atoms with Crippen molar-refractivity contribution in [3.8, 4) is 0 Å². The van der Waals surface area contributed by atoms with E-state index < -0.39 is 0 Å². The van der Waals surface area contributed by atoms with Gasteiger partial charge in [0.1, 0.15) is 11.5 Å². The molecular formula is C15H17FN2O. The Kier molecular flexibility index (Phi) is 3.23. The van der Waals surface area contributed by atoms with Crippen molar-refractivity contribution in [2.24, 2.45) is 0 Å². The van der Waals surface area contributed by atoms with Crippen molar-refractivity contribution in [1.82, 2.24) is 9.88 Å². The summed E-state index contributed by atoms with van der Waals surface area (Å²) in [5.74, 6) is -0.251. The van der Waals surface area contributed by atoms with Crippen LogP contribution in [0.5, 0.6) is 0 Å². The lowest BCUT2D eigenvalue weighted by Crippen LogP contribution is -2.32. The Morgan fingerprint density at radius 2 is 1.84 bits per heavy atom. The molecule has 0 atom stereocenters. The zero-order valence-electron chi connectivity index (χ0n) is 10.8. The Balaban J connectivity index is 1.88. The number of carbonyl (C=O) groups excluding carboxylic acids is 1. The summed E-state index contributed by atoms with van der Waals surface area (Å²) in [5.41, 5.74) is 1.36. The molecule has 1 aliphatic heterocycles. The number of aromatic nitrogens is 1. The Hall–Kier alpha value is -1.84. The fourth-order valence-electron chi connectivity index (χ4n) is 2.66. The molecule has 1 saturated heterocycles. The maximum atomic E-state index is 13.1. The van der Waals surface area contributed by atoms with Crippen molar-refractivity contribution in [3.05, 3.63) is 35.8 Å². The molecule has 100 valence electrons. The Morgan fingerprint density at radius 3 is 2.58 bits per heavy atom. The molecule has 1 amide bonds. The fourth-order valence-corrected chi connectivity index (χ4v) is 2.66. The highest BCUT2D eigenvalue weighted by Gasteiger charge is 2.18. The fraction of sp³-hybridized carbons (Fsp3) is 0.400. The van der Waals surface area contributed by atoms with Gasteiger partial charge in [-0.3, -0.25) is 4.79 Å². The summed E-state index contributed by atoms with van der Waals surface area (Å²) in [7, 11) is 0. The number of nitrogens with one attached hydrogen (secondary N) is 1. The van der Waals surface area contributed by atoms with E-state index in [2.05, 4.69) is 4.98 Å². The minimum atomic E-state index is -0.278. The van der Waals surface area contributed by atoms with Crippen molar-refractivity contribution >= 4 is 16.8 Å². The van der Waals surface area contributed by atoms with Crippen molar-refractivity contribution < 1.29 is 9.18 Å². The van der Waals surface area contributed by atoms with E-state index in [-0.39, 0.29) is 11.7 Å². The van der Waals surface area contributed by atoms with Crippen LogP contribution in [0.1, 0.15) is 36.2 Å². The normalized spacial score (nSPS) is 16.6. The Labute approximate surface area is 111 Å². The predicted molar refractivity (Wildman–Crippen MR) is 72.6 cm³/mol. The number of hydrogen-bond acceptors (Lipinski definition) is 1. The van der Waals surface area contributed by atoms with Crippen molar-refractivity contribution in [1.29, 1.82) is 0 Å². The third-order valence-corrected chi connectivity index (χ3v) is 3.71. The highest BCUT2D eigenvalue weighted by Crippen LogP contribution is 2.19. The highest BCUT2D eigenvalue weighted by molar-refractivity contribution is 5.98. The van der Waals surface area contributed by atoms with Gasteiger partial charge in [0.2, 0.25) is 0 Å². The maximum absolute atomic E-state index is 13.1. The number of fused-ring (bicyclic) bond motifs is 1. The number of aromatic amines is 1. The number of halogens is 1. The van der Waals surface area contributed by atoms with Crippen LogP contribution in [0.15, 0.2) is 24.3 Å². The van der Waals surface area contributed by atoms with E-state index >= 15 is 0 Å². The second-order valence-electron chi connectivity index (χ2n) is 5.12. The average molecular weight is 260 g/mol. The SMILES string of the molecule is O=C(c1cc2cc(F)ccc2[nH]1)N1CCCCCC1. The van der Waals surface area contributed by atoms with Gasteiger partial charge in [-0.25, -0.2) is 4.39 Å². The third-order valence-electron chi connectivity index (χ3n) is 3.71. The molecule has 1 aromatic heterocycles. The Morgan fingerprint density at radius 1 is 1.11 bits per heavy atom. The molecule has 0 aliphatic carbocycles. The average Bonchev–Trinajstić information content (AvgIpc) is 2.64. The third kappa shape index (κ3) is 2.48. The predicted octanol–water partition coefficient (Wildman–Crippen LogP) is 3.32. The first-order valence-corrected chi connectivity index (χ1v) is 6.81. The monoisotopic (exact) mass is 260 g/mol. The van der Waals surface area contributed by atoms with Crippen LogP contribution in [-0.4, -0.2) is 28.9 Å². The molecule has 1 N–H and O–H groups in total. The molecule has 2 heterocycles. The van der Waals surface area contributed by atoms with Gasteiger partial charge in [0.05, 0.1) is 0 Å². The number of hydrogen-bond donors (Lipinski definition) is 1. The van der Waals surface area contributed by atoms with E-state index in [1.54, 1.807) is 12.1 Å². The topological polar surface area (TPSA) is 36.1 Å². The quantitative estimate of drug-likeness (QED) is 0.839. The van der Waals surface area contributed by atoms with Crippen molar-refractivity contribution in [2.75, 3.05) is 13.1 Å². The molecule has 3 rings (SSSR count). The van der Waals surface area contributed by atoms with E-state index in [0.29, 0.717) is 5.69 Å². The summed E-state index contributed by atoms with van der Waals surface area (Å²) in [4.78, 5) is 17.4. The van der Waals surface area contributed by atoms with E-state index in [1.165, 1.54) is 25.0 Å². The Bertz CT molecular complexity index is 597. The number of H-pyrrole nitrogens is 1. The van der Waals surface area contributed by atoms with Gasteiger partial charge in [0.25, 0.3) is 5.91 Å². The van der Waals surface area contributed by atoms with Gasteiger partial charge in [-0.1, -0.05) is 12.8 Å². The standard InChI is InChI=1S/C15H17FN2O/c16-12-5-6-13-11(9-12)10-14(17-13)15(19)18-7-3-1-2-4-8-18/h5-6,9-10,17H,1-4,7-8H2. The molecule has 1 aliphatic rings. The number of nitrogens with zero attached hydrogens (tertiary/aromatic N) is 1. The van der Waals surface area contributed by atoms with Gasteiger partial charge >= 0.3 is 0 Å². The van der Waals surface area contributed by atoms with Crippen LogP contribution in [0, 0.1) is 5.82 Å². The molecule has 0 unspecified atom stereocenters. The van der Waals surface area contributed by atoms with Crippen LogP contribution in [-0.2, 0) is 0 Å². The molecule has 4 heteroatoms. The van der Waals surface area contributed by atoms with Gasteiger partial charge < -0.3 is 9.88 Å². The molecule has 0 bridgehead atoms. The molecule has 3 nitrogen and oxygen atoms in total. The van der Waals surface area contributed by atoms with Crippen LogP contribution < -0.4 is 0 Å². The van der Waals surface area contributed by atoms with Crippen molar-refractivity contribution in [2.45, 2.75) is 25.7 Å². The minimum Gasteiger partial charge on any atom is -0.351 e. The smallest absolute Gasteiger partial charge is 0.270 e. The lowest BCUT2D eigenvalue weighted by molar-refractivity contribution is 0.0757. The lowest BCUT2D eigenvalue weighted by Gasteiger charge is -2.19. The van der Waals surface area contributed by atoms with E-state index in [4.69, 9.17) is 0 Å². The van der Waals surface area contributed by atoms with Crippen LogP contribution in [0.3, 0.4) is 0 Å². The van der Waals surface area contributed by atoms with E-state index in [1.807, 2.05) is 4.90 Å². The second-order valence-corrected chi connectivity index (χ2v) is 5.12. The lowest BCUT2D eigenvalue weighted by atomic mass is 10.2. The molecule has 1 aromatic carbocycles. The van der Waals surface area contributed by atoms with E-state index in [9.17, 15) is 9.18 Å². The number of likely N-dealkylation sites (tertiary alicyclic amines) is 1. The van der Waals surface area contributed by atoms with Gasteiger partial charge in [0, 0.05) is 24.0 Å². The van der Waals surface area contributed by atoms with Crippen LogP contribution in [0.2, 0.25) is 0 Å². The number of carbonyl (C=O) groups is 1. The van der Waals surface area contributed by atoms with Crippen molar-refractivity contribution in [3.63, 3.8) is 0 Å². The maximum Gasteiger partial charge on any atom is 0.270 e. The van der Waals surface area contributed by atoms with Crippen LogP contribution >= 0.6 is 0 Å².